The monoisotopic (exact) mass is 327 g/mol. The number of rotatable bonds is 3. The molecule has 1 aromatic carbocycles. The Morgan fingerprint density at radius 3 is 2.67 bits per heavy atom. The van der Waals surface area contributed by atoms with Gasteiger partial charge in [0.2, 0.25) is 0 Å². The van der Waals surface area contributed by atoms with Crippen LogP contribution in [0.2, 0.25) is 0 Å². The Morgan fingerprint density at radius 1 is 1.17 bits per heavy atom. The molecular formula is C22H33NO. The summed E-state index contributed by atoms with van der Waals surface area (Å²) in [6.07, 6.45) is 8.13. The number of benzene rings is 1. The van der Waals surface area contributed by atoms with Gasteiger partial charge >= 0.3 is 0 Å². The molecule has 4 atom stereocenters. The molecule has 0 N–H and O–H groups in total. The Bertz CT molecular complexity index is 593. The molecule has 3 aliphatic rings. The number of hydrogen-bond donors (Lipinski definition) is 0. The molecule has 24 heavy (non-hydrogen) atoms. The first-order chi connectivity index (χ1) is 11.5. The second-order valence-corrected chi connectivity index (χ2v) is 8.83. The van der Waals surface area contributed by atoms with Crippen LogP contribution >= 0.6 is 0 Å². The van der Waals surface area contributed by atoms with E-state index < -0.39 is 0 Å². The Hall–Kier alpha value is -0.860. The third-order valence-electron chi connectivity index (χ3n) is 7.40. The van der Waals surface area contributed by atoms with Gasteiger partial charge in [0.15, 0.2) is 0 Å². The van der Waals surface area contributed by atoms with Crippen molar-refractivity contribution in [2.75, 3.05) is 19.7 Å². The smallest absolute Gasteiger partial charge is 0.0802 e. The summed E-state index contributed by atoms with van der Waals surface area (Å²) in [5.41, 5.74) is 3.68. The van der Waals surface area contributed by atoms with Crippen LogP contribution in [0.4, 0.5) is 0 Å². The minimum absolute atomic E-state index is 0.117. The summed E-state index contributed by atoms with van der Waals surface area (Å²) in [6.45, 7) is 10.4. The Morgan fingerprint density at radius 2 is 1.96 bits per heavy atom. The fourth-order valence-corrected chi connectivity index (χ4v) is 5.91. The van der Waals surface area contributed by atoms with E-state index in [1.54, 1.807) is 5.56 Å². The molecule has 2 nitrogen and oxygen atoms in total. The predicted octanol–water partition coefficient (Wildman–Crippen LogP) is 4.70. The van der Waals surface area contributed by atoms with Crippen LogP contribution in [0, 0.1) is 12.8 Å². The molecule has 2 heterocycles. The van der Waals surface area contributed by atoms with Gasteiger partial charge in [0.1, 0.15) is 0 Å². The molecule has 1 saturated carbocycles. The molecule has 1 aliphatic carbocycles. The highest BCUT2D eigenvalue weighted by atomic mass is 16.5. The first kappa shape index (κ1) is 16.6. The van der Waals surface area contributed by atoms with Crippen LogP contribution < -0.4 is 0 Å². The predicted molar refractivity (Wildman–Crippen MR) is 99.4 cm³/mol. The van der Waals surface area contributed by atoms with E-state index in [-0.39, 0.29) is 5.60 Å². The third kappa shape index (κ3) is 2.63. The van der Waals surface area contributed by atoms with Crippen molar-refractivity contribution in [1.29, 1.82) is 0 Å². The number of aryl methyl sites for hydroxylation is 1. The first-order valence-electron chi connectivity index (χ1n) is 9.98. The quantitative estimate of drug-likeness (QED) is 0.798. The summed E-state index contributed by atoms with van der Waals surface area (Å²) in [7, 11) is 0. The summed E-state index contributed by atoms with van der Waals surface area (Å²) < 4.78 is 5.89. The lowest BCUT2D eigenvalue weighted by molar-refractivity contribution is -0.158. The second-order valence-electron chi connectivity index (χ2n) is 8.83. The van der Waals surface area contributed by atoms with Gasteiger partial charge in [-0.15, -0.1) is 0 Å². The Balaban J connectivity index is 1.62. The molecule has 2 saturated heterocycles. The fourth-order valence-electron chi connectivity index (χ4n) is 5.91. The van der Waals surface area contributed by atoms with Crippen molar-refractivity contribution in [2.24, 2.45) is 5.92 Å². The summed E-state index contributed by atoms with van der Waals surface area (Å²) in [4.78, 5) is 2.74. The number of likely N-dealkylation sites (tertiary alicyclic amines) is 1. The maximum absolute atomic E-state index is 5.89. The van der Waals surface area contributed by atoms with Gasteiger partial charge in [-0.2, -0.15) is 0 Å². The molecule has 1 aromatic rings. The van der Waals surface area contributed by atoms with Crippen molar-refractivity contribution in [1.82, 2.24) is 4.90 Å². The second kappa shape index (κ2) is 6.14. The maximum Gasteiger partial charge on any atom is 0.0802 e. The van der Waals surface area contributed by atoms with E-state index in [0.717, 1.165) is 19.1 Å². The van der Waals surface area contributed by atoms with E-state index in [2.05, 4.69) is 49.9 Å². The molecule has 4 rings (SSSR count). The van der Waals surface area contributed by atoms with Gasteiger partial charge in [0.05, 0.1) is 12.2 Å². The number of ether oxygens (including phenoxy) is 1. The molecular weight excluding hydrogens is 294 g/mol. The molecule has 0 radical (unpaired) electrons. The Kier molecular flexibility index (Phi) is 4.25. The molecule has 3 fully saturated rings. The van der Waals surface area contributed by atoms with Crippen molar-refractivity contribution >= 4 is 0 Å². The average Bonchev–Trinajstić information content (AvgIpc) is 2.56. The summed E-state index contributed by atoms with van der Waals surface area (Å²) in [6, 6.07) is 9.85. The number of nitrogens with zero attached hydrogens (tertiary/aromatic N) is 1. The summed E-state index contributed by atoms with van der Waals surface area (Å²) >= 11 is 0. The van der Waals surface area contributed by atoms with Crippen molar-refractivity contribution in [2.45, 2.75) is 76.4 Å². The molecule has 2 aliphatic heterocycles. The Labute approximate surface area is 147 Å². The largest absolute Gasteiger partial charge is 0.374 e. The SMILES string of the molecule is Cc1ccccc1C12CCCCC1C(C)N(CC1(C)CCO1)CC2. The van der Waals surface area contributed by atoms with E-state index in [1.807, 2.05) is 0 Å². The summed E-state index contributed by atoms with van der Waals surface area (Å²) in [5, 5.41) is 0. The van der Waals surface area contributed by atoms with Gasteiger partial charge in [0.25, 0.3) is 0 Å². The molecule has 4 unspecified atom stereocenters. The fraction of sp³-hybridized carbons (Fsp3) is 0.727. The minimum Gasteiger partial charge on any atom is -0.374 e. The van der Waals surface area contributed by atoms with Crippen LogP contribution in [0.5, 0.6) is 0 Å². The van der Waals surface area contributed by atoms with E-state index in [0.29, 0.717) is 11.5 Å². The number of fused-ring (bicyclic) bond motifs is 1. The van der Waals surface area contributed by atoms with Gasteiger partial charge in [-0.05, 0) is 63.6 Å². The van der Waals surface area contributed by atoms with Gasteiger partial charge in [-0.25, -0.2) is 0 Å². The van der Waals surface area contributed by atoms with Gasteiger partial charge < -0.3 is 4.74 Å². The van der Waals surface area contributed by atoms with Crippen molar-refractivity contribution < 1.29 is 4.74 Å². The zero-order valence-corrected chi connectivity index (χ0v) is 15.7. The van der Waals surface area contributed by atoms with Gasteiger partial charge in [0, 0.05) is 24.4 Å². The van der Waals surface area contributed by atoms with Crippen LogP contribution in [0.25, 0.3) is 0 Å². The lowest BCUT2D eigenvalue weighted by Crippen LogP contribution is -2.60. The van der Waals surface area contributed by atoms with Gasteiger partial charge in [-0.3, -0.25) is 4.90 Å². The zero-order chi connectivity index (χ0) is 16.8. The maximum atomic E-state index is 5.89. The third-order valence-corrected chi connectivity index (χ3v) is 7.40. The number of piperidine rings is 1. The normalized spacial score (nSPS) is 40.0. The highest BCUT2D eigenvalue weighted by Crippen LogP contribution is 2.52. The topological polar surface area (TPSA) is 12.5 Å². The minimum atomic E-state index is 0.117. The molecule has 0 amide bonds. The molecule has 132 valence electrons. The average molecular weight is 328 g/mol. The zero-order valence-electron chi connectivity index (χ0n) is 15.7. The summed E-state index contributed by atoms with van der Waals surface area (Å²) in [5.74, 6) is 0.796. The van der Waals surface area contributed by atoms with Crippen molar-refractivity contribution in [3.63, 3.8) is 0 Å². The van der Waals surface area contributed by atoms with Crippen LogP contribution in [-0.4, -0.2) is 36.2 Å². The molecule has 0 aromatic heterocycles. The highest BCUT2D eigenvalue weighted by Gasteiger charge is 2.50. The molecule has 2 heteroatoms. The number of hydrogen-bond acceptors (Lipinski definition) is 2. The van der Waals surface area contributed by atoms with Crippen molar-refractivity contribution in [3.05, 3.63) is 35.4 Å². The van der Waals surface area contributed by atoms with Crippen LogP contribution in [0.1, 0.15) is 63.5 Å². The van der Waals surface area contributed by atoms with E-state index in [9.17, 15) is 0 Å². The van der Waals surface area contributed by atoms with Gasteiger partial charge in [-0.1, -0.05) is 37.1 Å². The van der Waals surface area contributed by atoms with E-state index >= 15 is 0 Å². The van der Waals surface area contributed by atoms with Crippen LogP contribution in [0.3, 0.4) is 0 Å². The first-order valence-corrected chi connectivity index (χ1v) is 9.98. The standard InChI is InChI=1S/C22H33NO/c1-17-8-4-5-9-19(17)22-11-7-6-10-20(22)18(2)23(14-12-22)16-21(3)13-15-24-21/h4-5,8-9,18,20H,6-7,10-16H2,1-3H3. The van der Waals surface area contributed by atoms with Crippen LogP contribution in [-0.2, 0) is 10.2 Å². The van der Waals surface area contributed by atoms with E-state index in [1.165, 1.54) is 50.6 Å². The highest BCUT2D eigenvalue weighted by molar-refractivity contribution is 5.36. The molecule has 0 spiro atoms. The van der Waals surface area contributed by atoms with E-state index in [4.69, 9.17) is 4.74 Å². The lowest BCUT2D eigenvalue weighted by atomic mass is 9.56. The lowest BCUT2D eigenvalue weighted by Gasteiger charge is -2.57. The molecule has 0 bridgehead atoms. The van der Waals surface area contributed by atoms with Crippen LogP contribution in [0.15, 0.2) is 24.3 Å². The van der Waals surface area contributed by atoms with Crippen molar-refractivity contribution in [3.8, 4) is 0 Å².